The quantitative estimate of drug-likeness (QED) is 0.843. The van der Waals surface area contributed by atoms with Gasteiger partial charge in [0.2, 0.25) is 0 Å². The summed E-state index contributed by atoms with van der Waals surface area (Å²) in [5.41, 5.74) is 0.533. The van der Waals surface area contributed by atoms with E-state index >= 15 is 0 Å². The van der Waals surface area contributed by atoms with Gasteiger partial charge in [0.1, 0.15) is 5.75 Å². The summed E-state index contributed by atoms with van der Waals surface area (Å²) in [6.45, 7) is 2.24. The summed E-state index contributed by atoms with van der Waals surface area (Å²) < 4.78 is 11.4. The fourth-order valence-corrected chi connectivity index (χ4v) is 3.51. The van der Waals surface area contributed by atoms with E-state index in [2.05, 4.69) is 24.0 Å². The number of amides is 1. The van der Waals surface area contributed by atoms with Crippen LogP contribution in [0.1, 0.15) is 29.6 Å². The number of aromatic nitrogens is 1. The number of likely N-dealkylation sites (N-methyl/N-ethyl adjacent to an activating group) is 1. The summed E-state index contributed by atoms with van der Waals surface area (Å²) in [7, 11) is 5.76. The molecule has 6 nitrogen and oxygen atoms in total. The van der Waals surface area contributed by atoms with Crippen molar-refractivity contribution in [3.05, 3.63) is 24.0 Å². The Labute approximate surface area is 137 Å². The molecule has 23 heavy (non-hydrogen) atoms. The molecule has 6 heteroatoms. The number of likely N-dealkylation sites (tertiary alicyclic amines) is 1. The number of carbonyl (C=O) groups excluding carboxylic acids is 1. The van der Waals surface area contributed by atoms with E-state index in [-0.39, 0.29) is 11.5 Å². The lowest BCUT2D eigenvalue weighted by molar-refractivity contribution is -0.0392. The van der Waals surface area contributed by atoms with E-state index in [1.807, 2.05) is 4.90 Å². The minimum atomic E-state index is -0.0476. The van der Waals surface area contributed by atoms with Crippen molar-refractivity contribution in [3.63, 3.8) is 0 Å². The molecule has 126 valence electrons. The first-order valence-corrected chi connectivity index (χ1v) is 8.12. The molecule has 0 aliphatic carbocycles. The monoisotopic (exact) mass is 319 g/mol. The first kappa shape index (κ1) is 16.2. The van der Waals surface area contributed by atoms with Gasteiger partial charge in [-0.3, -0.25) is 9.78 Å². The van der Waals surface area contributed by atoms with Gasteiger partial charge in [0.15, 0.2) is 0 Å². The second-order valence-electron chi connectivity index (χ2n) is 6.68. The molecule has 2 saturated heterocycles. The highest BCUT2D eigenvalue weighted by atomic mass is 16.5. The van der Waals surface area contributed by atoms with Crippen LogP contribution in [0.4, 0.5) is 0 Å². The van der Waals surface area contributed by atoms with Crippen LogP contribution >= 0.6 is 0 Å². The van der Waals surface area contributed by atoms with Gasteiger partial charge in [-0.2, -0.15) is 0 Å². The van der Waals surface area contributed by atoms with Gasteiger partial charge in [0.25, 0.3) is 5.91 Å². The van der Waals surface area contributed by atoms with Crippen molar-refractivity contribution in [3.8, 4) is 5.75 Å². The van der Waals surface area contributed by atoms with Gasteiger partial charge in [0, 0.05) is 25.3 Å². The van der Waals surface area contributed by atoms with E-state index in [4.69, 9.17) is 9.47 Å². The van der Waals surface area contributed by atoms with Crippen molar-refractivity contribution in [2.24, 2.45) is 0 Å². The lowest BCUT2D eigenvalue weighted by Crippen LogP contribution is -2.47. The van der Waals surface area contributed by atoms with Crippen LogP contribution in [0.5, 0.6) is 5.75 Å². The standard InChI is InChI=1S/C17H25N3O3/c1-19(2)13-10-17(23-12-13)5-8-20(9-6-17)16(21)14-4-7-18-11-15(14)22-3/h4,7,11,13H,5-6,8-10,12H2,1-3H3. The second-order valence-corrected chi connectivity index (χ2v) is 6.68. The molecule has 1 atom stereocenters. The number of hydrogen-bond acceptors (Lipinski definition) is 5. The first-order valence-electron chi connectivity index (χ1n) is 8.12. The van der Waals surface area contributed by atoms with Crippen molar-refractivity contribution in [2.45, 2.75) is 30.9 Å². The number of carbonyl (C=O) groups is 1. The summed E-state index contributed by atoms with van der Waals surface area (Å²) >= 11 is 0. The number of rotatable bonds is 3. The number of hydrogen-bond donors (Lipinski definition) is 0. The number of piperidine rings is 1. The van der Waals surface area contributed by atoms with Crippen molar-refractivity contribution in [2.75, 3.05) is 40.9 Å². The van der Waals surface area contributed by atoms with Crippen LogP contribution in [0.15, 0.2) is 18.5 Å². The van der Waals surface area contributed by atoms with Gasteiger partial charge < -0.3 is 19.3 Å². The molecular weight excluding hydrogens is 294 g/mol. The number of pyridine rings is 1. The summed E-state index contributed by atoms with van der Waals surface area (Å²) in [4.78, 5) is 20.9. The molecule has 2 aliphatic rings. The van der Waals surface area contributed by atoms with Gasteiger partial charge in [-0.15, -0.1) is 0 Å². The Balaban J connectivity index is 1.64. The van der Waals surface area contributed by atoms with Crippen LogP contribution < -0.4 is 4.74 Å². The van der Waals surface area contributed by atoms with Crippen LogP contribution in [0.25, 0.3) is 0 Å². The number of nitrogens with zero attached hydrogens (tertiary/aromatic N) is 3. The number of ether oxygens (including phenoxy) is 2. The molecule has 1 unspecified atom stereocenters. The van der Waals surface area contributed by atoms with Crippen molar-refractivity contribution < 1.29 is 14.3 Å². The molecular formula is C17H25N3O3. The fourth-order valence-electron chi connectivity index (χ4n) is 3.51. The molecule has 0 aromatic carbocycles. The third kappa shape index (κ3) is 3.19. The Kier molecular flexibility index (Phi) is 4.55. The summed E-state index contributed by atoms with van der Waals surface area (Å²) in [6, 6.07) is 2.21. The average molecular weight is 319 g/mol. The van der Waals surface area contributed by atoms with E-state index < -0.39 is 0 Å². The summed E-state index contributed by atoms with van der Waals surface area (Å²) in [5.74, 6) is 0.545. The predicted octanol–water partition coefficient (Wildman–Crippen LogP) is 1.42. The van der Waals surface area contributed by atoms with Crippen molar-refractivity contribution in [1.29, 1.82) is 0 Å². The summed E-state index contributed by atoms with van der Waals surface area (Å²) in [5, 5.41) is 0. The lowest BCUT2D eigenvalue weighted by Gasteiger charge is -2.39. The highest BCUT2D eigenvalue weighted by Gasteiger charge is 2.44. The third-order valence-electron chi connectivity index (χ3n) is 5.12. The third-order valence-corrected chi connectivity index (χ3v) is 5.12. The van der Waals surface area contributed by atoms with E-state index in [1.165, 1.54) is 0 Å². The van der Waals surface area contributed by atoms with Crippen molar-refractivity contribution in [1.82, 2.24) is 14.8 Å². The lowest BCUT2D eigenvalue weighted by atomic mass is 9.87. The van der Waals surface area contributed by atoms with Gasteiger partial charge >= 0.3 is 0 Å². The van der Waals surface area contributed by atoms with E-state index in [1.54, 1.807) is 25.6 Å². The molecule has 0 N–H and O–H groups in total. The van der Waals surface area contributed by atoms with Gasteiger partial charge in [-0.1, -0.05) is 0 Å². The van der Waals surface area contributed by atoms with Crippen LogP contribution in [-0.4, -0.2) is 73.2 Å². The molecule has 1 aromatic rings. The van der Waals surface area contributed by atoms with Gasteiger partial charge in [-0.25, -0.2) is 0 Å². The zero-order chi connectivity index (χ0) is 16.4. The molecule has 2 fully saturated rings. The highest BCUT2D eigenvalue weighted by molar-refractivity contribution is 5.96. The fraction of sp³-hybridized carbons (Fsp3) is 0.647. The maximum absolute atomic E-state index is 12.7. The SMILES string of the molecule is COc1cnccc1C(=O)N1CCC2(CC1)CC(N(C)C)CO2. The molecule has 0 radical (unpaired) electrons. The Morgan fingerprint density at radius 3 is 2.78 bits per heavy atom. The topological polar surface area (TPSA) is 54.9 Å². The molecule has 1 spiro atoms. The van der Waals surface area contributed by atoms with E-state index in [0.717, 1.165) is 39.0 Å². The maximum Gasteiger partial charge on any atom is 0.257 e. The Morgan fingerprint density at radius 2 is 2.17 bits per heavy atom. The summed E-state index contributed by atoms with van der Waals surface area (Å²) in [6.07, 6.45) is 6.07. The van der Waals surface area contributed by atoms with E-state index in [9.17, 15) is 4.79 Å². The smallest absolute Gasteiger partial charge is 0.257 e. The van der Waals surface area contributed by atoms with Crippen LogP contribution in [-0.2, 0) is 4.74 Å². The highest BCUT2D eigenvalue weighted by Crippen LogP contribution is 2.37. The van der Waals surface area contributed by atoms with Gasteiger partial charge in [-0.05, 0) is 39.4 Å². The normalized spacial score (nSPS) is 23.5. The zero-order valence-corrected chi connectivity index (χ0v) is 14.1. The molecule has 3 heterocycles. The largest absolute Gasteiger partial charge is 0.494 e. The van der Waals surface area contributed by atoms with Gasteiger partial charge in [0.05, 0.1) is 31.1 Å². The first-order chi connectivity index (χ1) is 11.0. The van der Waals surface area contributed by atoms with Crippen LogP contribution in [0.3, 0.4) is 0 Å². The van der Waals surface area contributed by atoms with Crippen LogP contribution in [0.2, 0.25) is 0 Å². The molecule has 2 aliphatic heterocycles. The zero-order valence-electron chi connectivity index (χ0n) is 14.1. The Hall–Kier alpha value is -1.66. The average Bonchev–Trinajstić information content (AvgIpc) is 2.99. The molecule has 3 rings (SSSR count). The predicted molar refractivity (Wildman–Crippen MR) is 86.7 cm³/mol. The second kappa shape index (κ2) is 6.45. The minimum absolute atomic E-state index is 0.0151. The molecule has 1 amide bonds. The van der Waals surface area contributed by atoms with Crippen LogP contribution in [0, 0.1) is 0 Å². The molecule has 1 aromatic heterocycles. The maximum atomic E-state index is 12.7. The van der Waals surface area contributed by atoms with E-state index in [0.29, 0.717) is 17.4 Å². The van der Waals surface area contributed by atoms with Crippen molar-refractivity contribution >= 4 is 5.91 Å². The Bertz CT molecular complexity index is 568. The Morgan fingerprint density at radius 1 is 1.43 bits per heavy atom. The number of methoxy groups -OCH3 is 1. The molecule has 0 saturated carbocycles. The minimum Gasteiger partial charge on any atom is -0.494 e. The molecule has 0 bridgehead atoms.